The van der Waals surface area contributed by atoms with Crippen LogP contribution in [0.5, 0.6) is 0 Å². The number of nitrogens with zero attached hydrogens (tertiary/aromatic N) is 4. The van der Waals surface area contributed by atoms with Crippen molar-refractivity contribution in [3.05, 3.63) is 19.8 Å². The average Bonchev–Trinajstić information content (AvgIpc) is 3.12. The molecular formula is C59H127N4Y. The van der Waals surface area contributed by atoms with Gasteiger partial charge in [-0.25, -0.2) is 0 Å². The van der Waals surface area contributed by atoms with E-state index in [1.54, 1.807) is 0 Å². The van der Waals surface area contributed by atoms with E-state index >= 15 is 0 Å². The number of rotatable bonds is 2. The van der Waals surface area contributed by atoms with E-state index in [2.05, 4.69) is 186 Å². The van der Waals surface area contributed by atoms with Gasteiger partial charge in [0, 0.05) is 31.7 Å². The summed E-state index contributed by atoms with van der Waals surface area (Å²) in [5.41, 5.74) is 2.56. The SMILES string of the molecule is CC.CC(C)(C)C.CC(C)(C)C1CCC1.CC(C)(C)C1CCCCC1.CN1CCC(C(C)(C)C)CC1.CN1CCCCC1.CN1CCN(C(C)(C)C)CC1.C[C-](C)C.[CH2-]CCC[CH2-].[Y+3]. The zero-order valence-electron chi connectivity index (χ0n) is 49.5. The molecule has 64 heavy (non-hydrogen) atoms. The summed E-state index contributed by atoms with van der Waals surface area (Å²) in [5, 5.41) is 0. The first-order valence-electron chi connectivity index (χ1n) is 26.9. The number of likely N-dealkylation sites (tertiary alicyclic amines) is 2. The molecule has 0 spiro atoms. The number of likely N-dealkylation sites (N-methyl/N-ethyl adjacent to an activating group) is 1. The van der Waals surface area contributed by atoms with Crippen LogP contribution >= 0.6 is 0 Å². The zero-order valence-corrected chi connectivity index (χ0v) is 52.3. The Morgan fingerprint density at radius 2 is 0.672 bits per heavy atom. The van der Waals surface area contributed by atoms with Crippen LogP contribution in [-0.2, 0) is 32.7 Å². The quantitative estimate of drug-likeness (QED) is 0.256. The smallest absolute Gasteiger partial charge is 0.343 e. The number of piperazine rings is 1. The minimum Gasteiger partial charge on any atom is -0.343 e. The van der Waals surface area contributed by atoms with Crippen LogP contribution in [0.25, 0.3) is 0 Å². The van der Waals surface area contributed by atoms with E-state index < -0.39 is 0 Å². The van der Waals surface area contributed by atoms with Crippen molar-refractivity contribution in [3.63, 3.8) is 0 Å². The number of hydrogen-bond acceptors (Lipinski definition) is 4. The molecule has 3 heterocycles. The van der Waals surface area contributed by atoms with Crippen molar-refractivity contribution in [3.8, 4) is 0 Å². The van der Waals surface area contributed by atoms with E-state index in [1.807, 2.05) is 13.8 Å². The van der Waals surface area contributed by atoms with Crippen LogP contribution < -0.4 is 0 Å². The Labute approximate surface area is 435 Å². The van der Waals surface area contributed by atoms with Crippen LogP contribution in [0.1, 0.15) is 248 Å². The summed E-state index contributed by atoms with van der Waals surface area (Å²) >= 11 is 0. The molecule has 2 saturated carbocycles. The second-order valence-electron chi connectivity index (χ2n) is 26.0. The molecule has 0 bridgehead atoms. The van der Waals surface area contributed by atoms with Gasteiger partial charge in [0.25, 0.3) is 0 Å². The summed E-state index contributed by atoms with van der Waals surface area (Å²) in [4.78, 5) is 9.76. The molecule has 0 unspecified atom stereocenters. The van der Waals surface area contributed by atoms with Crippen molar-refractivity contribution in [1.29, 1.82) is 0 Å². The van der Waals surface area contributed by atoms with Crippen molar-refractivity contribution < 1.29 is 32.7 Å². The average molecular weight is 982 g/mol. The Kier molecular flexibility index (Phi) is 46.9. The van der Waals surface area contributed by atoms with Gasteiger partial charge < -0.3 is 34.5 Å². The topological polar surface area (TPSA) is 13.0 Å². The van der Waals surface area contributed by atoms with Gasteiger partial charge in [0.05, 0.1) is 0 Å². The van der Waals surface area contributed by atoms with E-state index in [9.17, 15) is 0 Å². The Morgan fingerprint density at radius 1 is 0.406 bits per heavy atom. The molecular weight excluding hydrogens is 854 g/mol. The molecule has 0 aromatic carbocycles. The first-order chi connectivity index (χ1) is 28.7. The molecule has 386 valence electrons. The summed E-state index contributed by atoms with van der Waals surface area (Å²) < 4.78 is 0. The Hall–Kier alpha value is 0.944. The van der Waals surface area contributed by atoms with Gasteiger partial charge in [-0.3, -0.25) is 4.90 Å². The van der Waals surface area contributed by atoms with Gasteiger partial charge in [0.15, 0.2) is 0 Å². The molecule has 5 rings (SSSR count). The van der Waals surface area contributed by atoms with E-state index in [1.165, 1.54) is 148 Å². The Balaban J connectivity index is -0.000000210. The molecule has 5 aliphatic rings. The third-order valence-electron chi connectivity index (χ3n) is 12.6. The van der Waals surface area contributed by atoms with Gasteiger partial charge >= 0.3 is 32.7 Å². The van der Waals surface area contributed by atoms with Crippen molar-refractivity contribution in [2.75, 3.05) is 73.5 Å². The maximum atomic E-state index is 3.64. The molecule has 3 aliphatic heterocycles. The molecule has 0 atom stereocenters. The van der Waals surface area contributed by atoms with Crippen LogP contribution in [0, 0.1) is 59.2 Å². The molecule has 4 nitrogen and oxygen atoms in total. The third-order valence-corrected chi connectivity index (χ3v) is 12.6. The standard InChI is InChI=1S/C10H21N.C10H20.C9H20N2.C8H16.C6H13N.C5H12.C5H10.C4H9.C2H6.Y/c1-10(2,3)9-5-7-11(4)8-6-9;1-10(2,3)9-7-5-4-6-8-9;1-9(2,3)11-7-5-10(4)6-8-11;1-8(2,3)7-5-4-6-7;1-7-5-3-2-4-6-7;1-5(2,3)4;1-3-5-4-2;1-4(2)3;1-2;/h9H,5-8H2,1-4H3;9H,4-8H2,1-3H3;5-8H2,1-4H3;7H,4-6H2,1-3H3;2-6H2,1H3;1-4H3;1-5H2;1-3H3;1-2H3;/q;;;;;;-2;-1;;+3. The molecule has 0 aromatic rings. The molecule has 0 amide bonds. The van der Waals surface area contributed by atoms with E-state index in [4.69, 9.17) is 0 Å². The van der Waals surface area contributed by atoms with Crippen molar-refractivity contribution in [2.45, 2.75) is 254 Å². The van der Waals surface area contributed by atoms with Gasteiger partial charge in [-0.05, 0) is 159 Å². The second-order valence-corrected chi connectivity index (χ2v) is 26.0. The molecule has 0 aromatic heterocycles. The fraction of sp³-hybridized carbons (Fsp3) is 0.949. The van der Waals surface area contributed by atoms with Crippen LogP contribution in [0.3, 0.4) is 0 Å². The van der Waals surface area contributed by atoms with Crippen molar-refractivity contribution in [1.82, 2.24) is 19.6 Å². The minimum absolute atomic E-state index is 0. The molecule has 5 heteroatoms. The Morgan fingerprint density at radius 3 is 0.875 bits per heavy atom. The van der Waals surface area contributed by atoms with Crippen molar-refractivity contribution in [2.24, 2.45) is 39.4 Å². The largest absolute Gasteiger partial charge is 3.00 e. The number of hydrogen-bond donors (Lipinski definition) is 0. The maximum Gasteiger partial charge on any atom is 3.00 e. The molecule has 0 N–H and O–H groups in total. The minimum atomic E-state index is 0. The van der Waals surface area contributed by atoms with Crippen molar-refractivity contribution >= 4 is 0 Å². The first kappa shape index (κ1) is 73.9. The maximum absolute atomic E-state index is 3.64. The van der Waals surface area contributed by atoms with E-state index in [-0.39, 0.29) is 32.7 Å². The van der Waals surface area contributed by atoms with E-state index in [0.717, 1.165) is 30.6 Å². The van der Waals surface area contributed by atoms with Gasteiger partial charge in [0.1, 0.15) is 0 Å². The third kappa shape index (κ3) is 50.8. The molecule has 3 saturated heterocycles. The number of unbranched alkanes of at least 4 members (excludes halogenated alkanes) is 2. The first-order valence-corrected chi connectivity index (χ1v) is 26.9. The predicted octanol–water partition coefficient (Wildman–Crippen LogP) is 17.5. The summed E-state index contributed by atoms with van der Waals surface area (Å²) in [5.74, 6) is 4.39. The van der Waals surface area contributed by atoms with Crippen LogP contribution in [0.4, 0.5) is 0 Å². The number of piperidine rings is 2. The zero-order chi connectivity index (χ0) is 50.1. The summed E-state index contributed by atoms with van der Waals surface area (Å²) in [6.45, 7) is 64.5. The van der Waals surface area contributed by atoms with Gasteiger partial charge in [-0.15, -0.1) is 6.42 Å². The van der Waals surface area contributed by atoms with Crippen LogP contribution in [-0.4, -0.2) is 98.6 Å². The van der Waals surface area contributed by atoms with Crippen LogP contribution in [0.2, 0.25) is 0 Å². The predicted molar refractivity (Wildman–Crippen MR) is 294 cm³/mol. The summed E-state index contributed by atoms with van der Waals surface area (Å²) in [6.07, 6.45) is 22.1. The van der Waals surface area contributed by atoms with Crippen LogP contribution in [0.15, 0.2) is 0 Å². The molecule has 5 fully saturated rings. The summed E-state index contributed by atoms with van der Waals surface area (Å²) in [6, 6.07) is 0. The summed E-state index contributed by atoms with van der Waals surface area (Å²) in [7, 11) is 6.61. The fourth-order valence-corrected chi connectivity index (χ4v) is 7.82. The van der Waals surface area contributed by atoms with Gasteiger partial charge in [-0.1, -0.05) is 136 Å². The fourth-order valence-electron chi connectivity index (χ4n) is 7.82. The second kappa shape index (κ2) is 40.7. The van der Waals surface area contributed by atoms with Gasteiger partial charge in [-0.2, -0.15) is 33.6 Å². The van der Waals surface area contributed by atoms with Gasteiger partial charge in [0.2, 0.25) is 0 Å². The normalized spacial score (nSPS) is 19.7. The molecule has 2 aliphatic carbocycles. The Bertz CT molecular complexity index is 885. The monoisotopic (exact) mass is 981 g/mol. The molecule has 0 radical (unpaired) electrons. The van der Waals surface area contributed by atoms with E-state index in [0.29, 0.717) is 27.2 Å².